The zero-order valence-corrected chi connectivity index (χ0v) is 10.4. The molecule has 0 saturated heterocycles. The van der Waals surface area contributed by atoms with E-state index in [-0.39, 0.29) is 10.5 Å². The Labute approximate surface area is 111 Å². The quantitative estimate of drug-likeness (QED) is 0.668. The summed E-state index contributed by atoms with van der Waals surface area (Å²) in [6.45, 7) is 0. The molecule has 0 radical (unpaired) electrons. The van der Waals surface area contributed by atoms with Gasteiger partial charge < -0.3 is 5.73 Å². The second-order valence-electron chi connectivity index (χ2n) is 3.70. The van der Waals surface area contributed by atoms with Gasteiger partial charge in [-0.2, -0.15) is 0 Å². The molecule has 0 aromatic heterocycles. The zero-order chi connectivity index (χ0) is 14.0. The van der Waals surface area contributed by atoms with E-state index in [9.17, 15) is 13.2 Å². The predicted octanol–water partition coefficient (Wildman–Crippen LogP) is 3.54. The van der Waals surface area contributed by atoms with Crippen molar-refractivity contribution in [2.75, 3.05) is 0 Å². The Bertz CT molecular complexity index is 644. The third-order valence-corrected chi connectivity index (χ3v) is 3.47. The topological polar surface area (TPSA) is 49.9 Å². The van der Waals surface area contributed by atoms with E-state index in [0.717, 1.165) is 23.9 Å². The molecule has 2 aromatic carbocycles. The van der Waals surface area contributed by atoms with Gasteiger partial charge in [0.25, 0.3) is 0 Å². The van der Waals surface area contributed by atoms with Gasteiger partial charge in [0, 0.05) is 15.9 Å². The Kier molecular flexibility index (Phi) is 3.80. The number of hydrogen-bond donors (Lipinski definition) is 2. The number of hydrogen-bond acceptors (Lipinski definition) is 2. The molecule has 0 bridgehead atoms. The molecule has 0 spiro atoms. The summed E-state index contributed by atoms with van der Waals surface area (Å²) in [7, 11) is 0. The van der Waals surface area contributed by atoms with Crippen LogP contribution in [0.3, 0.4) is 0 Å². The van der Waals surface area contributed by atoms with Gasteiger partial charge in [-0.15, -0.1) is 0 Å². The highest BCUT2D eigenvalue weighted by atomic mass is 32.2. The van der Waals surface area contributed by atoms with Gasteiger partial charge in [0.1, 0.15) is 23.3 Å². The smallest absolute Gasteiger partial charge is 0.140 e. The first-order chi connectivity index (χ1) is 8.99. The minimum absolute atomic E-state index is 0.0868. The molecule has 2 nitrogen and oxygen atoms in total. The van der Waals surface area contributed by atoms with Crippen molar-refractivity contribution in [3.8, 4) is 0 Å². The molecule has 0 aliphatic carbocycles. The normalized spacial score (nSPS) is 10.5. The lowest BCUT2D eigenvalue weighted by Crippen LogP contribution is -2.14. The first kappa shape index (κ1) is 13.5. The van der Waals surface area contributed by atoms with E-state index in [1.165, 1.54) is 24.3 Å². The highest BCUT2D eigenvalue weighted by Gasteiger charge is 2.14. The summed E-state index contributed by atoms with van der Waals surface area (Å²) in [6, 6.07) is 7.23. The Morgan fingerprint density at radius 1 is 1.00 bits per heavy atom. The molecule has 0 atom stereocenters. The lowest BCUT2D eigenvalue weighted by Gasteiger charge is -2.09. The number of nitrogens with two attached hydrogens (primary N) is 1. The molecule has 3 N–H and O–H groups in total. The summed E-state index contributed by atoms with van der Waals surface area (Å²) >= 11 is 0.890. The van der Waals surface area contributed by atoms with Gasteiger partial charge >= 0.3 is 0 Å². The summed E-state index contributed by atoms with van der Waals surface area (Å²) < 4.78 is 39.9. The fraction of sp³-hybridized carbons (Fsp3) is 0. The van der Waals surface area contributed by atoms with Crippen molar-refractivity contribution in [3.63, 3.8) is 0 Å². The number of rotatable bonds is 3. The van der Waals surface area contributed by atoms with Gasteiger partial charge in [0.15, 0.2) is 0 Å². The molecule has 0 aliphatic heterocycles. The molecule has 0 saturated carbocycles. The number of amidine groups is 1. The average molecular weight is 282 g/mol. The third kappa shape index (κ3) is 2.90. The van der Waals surface area contributed by atoms with Gasteiger partial charge in [-0.3, -0.25) is 5.41 Å². The molecule has 2 rings (SSSR count). The maximum atomic E-state index is 13.6. The van der Waals surface area contributed by atoms with Gasteiger partial charge in [-0.25, -0.2) is 13.2 Å². The Hall–Kier alpha value is -1.95. The van der Waals surface area contributed by atoms with Gasteiger partial charge in [0.2, 0.25) is 0 Å². The van der Waals surface area contributed by atoms with Crippen LogP contribution in [-0.2, 0) is 0 Å². The first-order valence-corrected chi connectivity index (χ1v) is 6.06. The van der Waals surface area contributed by atoms with E-state index in [4.69, 9.17) is 11.1 Å². The molecular weight excluding hydrogens is 273 g/mol. The fourth-order valence-corrected chi connectivity index (χ4v) is 2.51. The van der Waals surface area contributed by atoms with Crippen molar-refractivity contribution in [2.24, 2.45) is 5.73 Å². The van der Waals surface area contributed by atoms with Crippen LogP contribution in [0.4, 0.5) is 13.2 Å². The monoisotopic (exact) mass is 282 g/mol. The number of benzene rings is 2. The highest BCUT2D eigenvalue weighted by molar-refractivity contribution is 7.99. The van der Waals surface area contributed by atoms with E-state index in [0.29, 0.717) is 4.90 Å². The minimum Gasteiger partial charge on any atom is -0.384 e. The van der Waals surface area contributed by atoms with Gasteiger partial charge in [-0.1, -0.05) is 17.8 Å². The summed E-state index contributed by atoms with van der Waals surface area (Å²) in [5.41, 5.74) is 5.22. The molecule has 2 aromatic rings. The van der Waals surface area contributed by atoms with Crippen LogP contribution in [0.1, 0.15) is 5.56 Å². The van der Waals surface area contributed by atoms with Crippen LogP contribution in [0.2, 0.25) is 0 Å². The van der Waals surface area contributed by atoms with Crippen molar-refractivity contribution in [2.45, 2.75) is 9.79 Å². The molecule has 0 fully saturated rings. The lowest BCUT2D eigenvalue weighted by molar-refractivity contribution is 0.565. The van der Waals surface area contributed by atoms with Crippen molar-refractivity contribution >= 4 is 17.6 Å². The summed E-state index contributed by atoms with van der Waals surface area (Å²) in [4.78, 5) is 0.438. The second-order valence-corrected chi connectivity index (χ2v) is 4.79. The van der Waals surface area contributed by atoms with Crippen LogP contribution in [0.25, 0.3) is 0 Å². The number of nitrogens with one attached hydrogen (secondary N) is 1. The molecular formula is C13H9F3N2S. The second kappa shape index (κ2) is 5.36. The van der Waals surface area contributed by atoms with Crippen LogP contribution < -0.4 is 5.73 Å². The Morgan fingerprint density at radius 2 is 1.74 bits per heavy atom. The number of nitrogen functional groups attached to an aromatic ring is 1. The lowest BCUT2D eigenvalue weighted by atomic mass is 10.2. The average Bonchev–Trinajstić information content (AvgIpc) is 2.32. The van der Waals surface area contributed by atoms with Gasteiger partial charge in [-0.05, 0) is 24.3 Å². The van der Waals surface area contributed by atoms with Crippen LogP contribution in [-0.4, -0.2) is 5.84 Å². The molecule has 0 amide bonds. The maximum Gasteiger partial charge on any atom is 0.140 e. The van der Waals surface area contributed by atoms with Gasteiger partial charge in [0.05, 0.1) is 5.56 Å². The zero-order valence-electron chi connectivity index (χ0n) is 9.58. The molecule has 0 aliphatic rings. The van der Waals surface area contributed by atoms with E-state index in [1.807, 2.05) is 0 Å². The standard InChI is InChI=1S/C13H9F3N2S/c14-7-4-5-10(9(16)6-7)19-11-3-1-2-8(15)12(11)13(17)18/h1-6H,(H3,17,18). The first-order valence-electron chi connectivity index (χ1n) is 5.25. The summed E-state index contributed by atoms with van der Waals surface area (Å²) in [5, 5.41) is 7.34. The van der Waals surface area contributed by atoms with E-state index < -0.39 is 23.3 Å². The molecule has 6 heteroatoms. The van der Waals surface area contributed by atoms with E-state index in [2.05, 4.69) is 0 Å². The third-order valence-electron chi connectivity index (χ3n) is 2.36. The fourth-order valence-electron chi connectivity index (χ4n) is 1.53. The molecule has 98 valence electrons. The van der Waals surface area contributed by atoms with E-state index in [1.54, 1.807) is 0 Å². The summed E-state index contributed by atoms with van der Waals surface area (Å²) in [5.74, 6) is -2.53. The minimum atomic E-state index is -0.747. The van der Waals surface area contributed by atoms with Crippen LogP contribution in [0, 0.1) is 22.9 Å². The van der Waals surface area contributed by atoms with Crippen molar-refractivity contribution in [3.05, 3.63) is 59.4 Å². The highest BCUT2D eigenvalue weighted by Crippen LogP contribution is 2.33. The maximum absolute atomic E-state index is 13.6. The van der Waals surface area contributed by atoms with Crippen LogP contribution >= 0.6 is 11.8 Å². The Balaban J connectivity index is 2.44. The Morgan fingerprint density at radius 3 is 2.37 bits per heavy atom. The van der Waals surface area contributed by atoms with Crippen molar-refractivity contribution in [1.29, 1.82) is 5.41 Å². The van der Waals surface area contributed by atoms with Crippen LogP contribution in [0.5, 0.6) is 0 Å². The predicted molar refractivity (Wildman–Crippen MR) is 67.9 cm³/mol. The summed E-state index contributed by atoms with van der Waals surface area (Å²) in [6.07, 6.45) is 0. The van der Waals surface area contributed by atoms with E-state index >= 15 is 0 Å². The number of halogens is 3. The SMILES string of the molecule is N=C(N)c1c(F)cccc1Sc1ccc(F)cc1F. The molecule has 0 heterocycles. The van der Waals surface area contributed by atoms with Crippen molar-refractivity contribution in [1.82, 2.24) is 0 Å². The largest absolute Gasteiger partial charge is 0.384 e. The molecule has 19 heavy (non-hydrogen) atoms. The molecule has 0 unspecified atom stereocenters. The van der Waals surface area contributed by atoms with Crippen LogP contribution in [0.15, 0.2) is 46.2 Å². The van der Waals surface area contributed by atoms with Crippen molar-refractivity contribution < 1.29 is 13.2 Å².